The average molecular weight is 373 g/mol. The van der Waals surface area contributed by atoms with Crippen molar-refractivity contribution in [3.63, 3.8) is 0 Å². The van der Waals surface area contributed by atoms with Crippen LogP contribution < -0.4 is 5.32 Å². The second-order valence-corrected chi connectivity index (χ2v) is 7.76. The molecular weight excluding hydrogens is 340 g/mol. The zero-order chi connectivity index (χ0) is 18.9. The summed E-state index contributed by atoms with van der Waals surface area (Å²) in [5.41, 5.74) is 0.642. The highest BCUT2D eigenvalue weighted by molar-refractivity contribution is 5.86. The van der Waals surface area contributed by atoms with Gasteiger partial charge in [-0.25, -0.2) is 9.78 Å². The van der Waals surface area contributed by atoms with Gasteiger partial charge in [0.1, 0.15) is 5.82 Å². The lowest BCUT2D eigenvalue weighted by molar-refractivity contribution is -0.134. The van der Waals surface area contributed by atoms with Crippen LogP contribution in [-0.2, 0) is 9.53 Å². The summed E-state index contributed by atoms with van der Waals surface area (Å²) in [5, 5.41) is 3.52. The van der Waals surface area contributed by atoms with Gasteiger partial charge in [0, 0.05) is 18.7 Å². The maximum atomic E-state index is 11.1. The largest absolute Gasteiger partial charge is 0.466 e. The van der Waals surface area contributed by atoms with Gasteiger partial charge in [0.05, 0.1) is 25.2 Å². The Morgan fingerprint density at radius 2 is 2.07 bits per heavy atom. The summed E-state index contributed by atoms with van der Waals surface area (Å²) < 4.78 is 4.57. The van der Waals surface area contributed by atoms with Gasteiger partial charge < -0.3 is 15.0 Å². The molecule has 0 aromatic carbocycles. The molecule has 148 valence electrons. The fourth-order valence-corrected chi connectivity index (χ4v) is 4.15. The molecule has 0 amide bonds. The molecule has 0 unspecified atom stereocenters. The van der Waals surface area contributed by atoms with E-state index in [0.717, 1.165) is 18.3 Å². The van der Waals surface area contributed by atoms with Crippen molar-refractivity contribution in [3.8, 4) is 0 Å². The fraction of sp³-hybridized carbons (Fsp3) is 0.667. The molecule has 1 aliphatic heterocycles. The molecule has 0 bridgehead atoms. The van der Waals surface area contributed by atoms with E-state index in [1.165, 1.54) is 77.6 Å². The number of nitrogens with zero attached hydrogens (tertiary/aromatic N) is 3. The molecule has 2 aliphatic rings. The van der Waals surface area contributed by atoms with E-state index in [4.69, 9.17) is 0 Å². The van der Waals surface area contributed by atoms with E-state index in [9.17, 15) is 4.79 Å². The van der Waals surface area contributed by atoms with Crippen LogP contribution in [0.25, 0.3) is 6.08 Å². The molecule has 3 rings (SSSR count). The quantitative estimate of drug-likeness (QED) is 0.584. The Morgan fingerprint density at radius 1 is 1.22 bits per heavy atom. The average Bonchev–Trinajstić information content (AvgIpc) is 2.72. The molecule has 0 spiro atoms. The minimum atomic E-state index is -0.394. The summed E-state index contributed by atoms with van der Waals surface area (Å²) in [6, 6.07) is 0.427. The van der Waals surface area contributed by atoms with Crippen molar-refractivity contribution in [2.24, 2.45) is 5.92 Å². The van der Waals surface area contributed by atoms with Crippen LogP contribution in [0.3, 0.4) is 0 Å². The first kappa shape index (κ1) is 19.8. The molecule has 1 saturated carbocycles. The smallest absolute Gasteiger partial charge is 0.330 e. The molecule has 27 heavy (non-hydrogen) atoms. The van der Waals surface area contributed by atoms with Gasteiger partial charge in [0.25, 0.3) is 0 Å². The van der Waals surface area contributed by atoms with Gasteiger partial charge in [-0.3, -0.25) is 4.98 Å². The van der Waals surface area contributed by atoms with Crippen LogP contribution >= 0.6 is 0 Å². The maximum Gasteiger partial charge on any atom is 0.330 e. The van der Waals surface area contributed by atoms with Crippen molar-refractivity contribution in [2.75, 3.05) is 32.1 Å². The van der Waals surface area contributed by atoms with Crippen LogP contribution in [0.1, 0.15) is 57.1 Å². The molecule has 1 aliphatic carbocycles. The van der Waals surface area contributed by atoms with Crippen molar-refractivity contribution < 1.29 is 9.53 Å². The van der Waals surface area contributed by atoms with E-state index in [2.05, 4.69) is 24.9 Å². The number of hydrogen-bond acceptors (Lipinski definition) is 6. The lowest BCUT2D eigenvalue weighted by Crippen LogP contribution is -2.43. The standard InChI is InChI=1S/C21H32N4O2/c1-27-21(26)10-9-18-14-23-20(15-22-18)24-19-8-5-12-25(16-19)13-11-17-6-3-2-4-7-17/h9-10,14-15,17,19H,2-8,11-13,16H2,1H3,(H,23,24)/t19-/m1/s1. The van der Waals surface area contributed by atoms with E-state index in [1.54, 1.807) is 18.5 Å². The monoisotopic (exact) mass is 372 g/mol. The predicted octanol–water partition coefficient (Wildman–Crippen LogP) is 3.51. The van der Waals surface area contributed by atoms with E-state index >= 15 is 0 Å². The van der Waals surface area contributed by atoms with Crippen molar-refractivity contribution in [3.05, 3.63) is 24.2 Å². The van der Waals surface area contributed by atoms with Crippen LogP contribution in [0.15, 0.2) is 18.5 Å². The first-order chi connectivity index (χ1) is 13.2. The topological polar surface area (TPSA) is 67.3 Å². The summed E-state index contributed by atoms with van der Waals surface area (Å²) in [6.45, 7) is 3.53. The first-order valence-electron chi connectivity index (χ1n) is 10.3. The van der Waals surface area contributed by atoms with E-state index in [1.807, 2.05) is 0 Å². The Morgan fingerprint density at radius 3 is 2.81 bits per heavy atom. The summed E-state index contributed by atoms with van der Waals surface area (Å²) in [4.78, 5) is 22.5. The van der Waals surface area contributed by atoms with Gasteiger partial charge in [0.2, 0.25) is 0 Å². The molecule has 1 aromatic rings. The predicted molar refractivity (Wildman–Crippen MR) is 107 cm³/mol. The van der Waals surface area contributed by atoms with Crippen molar-refractivity contribution >= 4 is 17.9 Å². The normalized spacial score (nSPS) is 22.0. The highest BCUT2D eigenvalue weighted by Crippen LogP contribution is 2.27. The van der Waals surface area contributed by atoms with E-state index < -0.39 is 5.97 Å². The van der Waals surface area contributed by atoms with Gasteiger partial charge in [-0.2, -0.15) is 0 Å². The van der Waals surface area contributed by atoms with Gasteiger partial charge in [0.15, 0.2) is 0 Å². The van der Waals surface area contributed by atoms with Gasteiger partial charge >= 0.3 is 5.97 Å². The minimum Gasteiger partial charge on any atom is -0.466 e. The number of rotatable bonds is 7. The molecule has 6 heteroatoms. The molecule has 2 heterocycles. The molecule has 1 aromatic heterocycles. The number of aromatic nitrogens is 2. The number of esters is 1. The van der Waals surface area contributed by atoms with Gasteiger partial charge in [-0.15, -0.1) is 0 Å². The highest BCUT2D eigenvalue weighted by Gasteiger charge is 2.21. The molecule has 2 fully saturated rings. The summed E-state index contributed by atoms with van der Waals surface area (Å²) in [7, 11) is 1.36. The van der Waals surface area contributed by atoms with Crippen molar-refractivity contribution in [1.29, 1.82) is 0 Å². The Kier molecular flexibility index (Phi) is 7.63. The van der Waals surface area contributed by atoms with Crippen LogP contribution in [0, 0.1) is 5.92 Å². The third-order valence-corrected chi connectivity index (χ3v) is 5.70. The Bertz CT molecular complexity index is 611. The molecule has 0 radical (unpaired) electrons. The van der Waals surface area contributed by atoms with Crippen LogP contribution in [-0.4, -0.2) is 53.6 Å². The lowest BCUT2D eigenvalue weighted by Gasteiger charge is -2.34. The number of methoxy groups -OCH3 is 1. The fourth-order valence-electron chi connectivity index (χ4n) is 4.15. The van der Waals surface area contributed by atoms with Gasteiger partial charge in [-0.05, 0) is 44.3 Å². The second kappa shape index (κ2) is 10.4. The number of carbonyl (C=O) groups excluding carboxylic acids is 1. The van der Waals surface area contributed by atoms with Crippen molar-refractivity contribution in [2.45, 2.75) is 57.4 Å². The number of hydrogen-bond donors (Lipinski definition) is 1. The zero-order valence-electron chi connectivity index (χ0n) is 16.4. The maximum absolute atomic E-state index is 11.1. The highest BCUT2D eigenvalue weighted by atomic mass is 16.5. The minimum absolute atomic E-state index is 0.394. The number of ether oxygens (including phenoxy) is 1. The van der Waals surface area contributed by atoms with E-state index in [0.29, 0.717) is 11.7 Å². The first-order valence-corrected chi connectivity index (χ1v) is 10.3. The van der Waals surface area contributed by atoms with Crippen LogP contribution in [0.2, 0.25) is 0 Å². The molecular formula is C21H32N4O2. The third-order valence-electron chi connectivity index (χ3n) is 5.70. The van der Waals surface area contributed by atoms with Crippen LogP contribution in [0.4, 0.5) is 5.82 Å². The number of nitrogens with one attached hydrogen (secondary N) is 1. The number of piperidine rings is 1. The Balaban J connectivity index is 1.44. The summed E-state index contributed by atoms with van der Waals surface area (Å²) in [5.74, 6) is 1.35. The number of anilines is 1. The van der Waals surface area contributed by atoms with Gasteiger partial charge in [-0.1, -0.05) is 32.1 Å². The van der Waals surface area contributed by atoms with Crippen molar-refractivity contribution in [1.82, 2.24) is 14.9 Å². The summed E-state index contributed by atoms with van der Waals surface area (Å²) >= 11 is 0. The molecule has 1 atom stereocenters. The zero-order valence-corrected chi connectivity index (χ0v) is 16.4. The summed E-state index contributed by atoms with van der Waals surface area (Å²) in [6.07, 6.45) is 17.3. The Hall–Kier alpha value is -1.95. The number of carbonyl (C=O) groups is 1. The number of likely N-dealkylation sites (tertiary alicyclic amines) is 1. The Labute approximate surface area is 162 Å². The molecule has 1 N–H and O–H groups in total. The second-order valence-electron chi connectivity index (χ2n) is 7.76. The third kappa shape index (κ3) is 6.61. The van der Waals surface area contributed by atoms with Crippen LogP contribution in [0.5, 0.6) is 0 Å². The molecule has 6 nitrogen and oxygen atoms in total. The molecule has 1 saturated heterocycles. The lowest BCUT2D eigenvalue weighted by atomic mass is 9.87. The van der Waals surface area contributed by atoms with E-state index in [-0.39, 0.29) is 0 Å². The SMILES string of the molecule is COC(=O)C=Cc1cnc(N[C@@H]2CCCN(CCC3CCCCC3)C2)cn1.